The van der Waals surface area contributed by atoms with Gasteiger partial charge in [0.05, 0.1) is 23.0 Å². The molecule has 4 rings (SSSR count). The summed E-state index contributed by atoms with van der Waals surface area (Å²) in [6, 6.07) is 3.89. The molecule has 234 valence electrons. The van der Waals surface area contributed by atoms with Crippen molar-refractivity contribution in [2.75, 3.05) is 65.4 Å². The Morgan fingerprint density at radius 3 is 1.84 bits per heavy atom. The van der Waals surface area contributed by atoms with E-state index in [-0.39, 0.29) is 17.0 Å². The minimum Gasteiger partial charge on any atom is -0.494 e. The molecule has 1 aliphatic carbocycles. The van der Waals surface area contributed by atoms with Crippen LogP contribution in [0.5, 0.6) is 5.88 Å². The van der Waals surface area contributed by atoms with Gasteiger partial charge in [-0.05, 0) is 58.3 Å². The molecule has 0 atom stereocenters. The first-order chi connectivity index (χ1) is 20.8. The van der Waals surface area contributed by atoms with Gasteiger partial charge in [0.1, 0.15) is 0 Å². The van der Waals surface area contributed by atoms with E-state index < -0.39 is 0 Å². The van der Waals surface area contributed by atoms with Crippen LogP contribution < -0.4 is 21.7 Å². The number of aromatic nitrogens is 2. The molecule has 3 aromatic rings. The lowest BCUT2D eigenvalue weighted by Gasteiger charge is -2.23. The summed E-state index contributed by atoms with van der Waals surface area (Å²) in [6.07, 6.45) is 3.81. The zero-order valence-corrected chi connectivity index (χ0v) is 27.2. The fraction of sp³-hybridized carbons (Fsp3) is 0.559. The second-order valence-corrected chi connectivity index (χ2v) is 11.1. The summed E-state index contributed by atoms with van der Waals surface area (Å²) in [5.74, 6) is -0.0547. The van der Waals surface area contributed by atoms with Crippen molar-refractivity contribution in [3.05, 3.63) is 49.0 Å². The van der Waals surface area contributed by atoms with Crippen LogP contribution in [0.4, 0.5) is 0 Å². The maximum Gasteiger partial charge on any atom is 0.263 e. The zero-order valence-electron chi connectivity index (χ0n) is 27.2. The molecule has 0 bridgehead atoms. The Balaban J connectivity index is 2.05. The maximum atomic E-state index is 14.2. The van der Waals surface area contributed by atoms with Crippen LogP contribution in [0.25, 0.3) is 33.7 Å². The highest BCUT2D eigenvalue weighted by Crippen LogP contribution is 2.31. The molecule has 0 saturated heterocycles. The Kier molecular flexibility index (Phi) is 11.0. The van der Waals surface area contributed by atoms with E-state index in [2.05, 4.69) is 56.2 Å². The monoisotopic (exact) mass is 590 g/mol. The van der Waals surface area contributed by atoms with E-state index in [9.17, 15) is 14.7 Å². The number of hydrogen-bond acceptors (Lipinski definition) is 7. The maximum absolute atomic E-state index is 14.2. The van der Waals surface area contributed by atoms with Crippen molar-refractivity contribution in [1.82, 2.24) is 23.8 Å². The minimum atomic E-state index is -0.263. The van der Waals surface area contributed by atoms with Crippen molar-refractivity contribution in [3.63, 3.8) is 0 Å². The Labute approximate surface area is 255 Å². The molecule has 1 aromatic carbocycles. The number of aromatic hydroxyl groups is 1. The molecule has 1 aliphatic rings. The van der Waals surface area contributed by atoms with Gasteiger partial charge in [-0.3, -0.25) is 19.1 Å². The molecule has 0 amide bonds. The number of likely N-dealkylation sites (N-methyl/N-ethyl adjacent to an activating group) is 3. The van der Waals surface area contributed by atoms with Crippen molar-refractivity contribution in [2.24, 2.45) is 4.99 Å². The van der Waals surface area contributed by atoms with E-state index in [0.29, 0.717) is 53.4 Å². The second kappa shape index (κ2) is 14.5. The molecule has 0 aliphatic heterocycles. The summed E-state index contributed by atoms with van der Waals surface area (Å²) in [4.78, 5) is 40.3. The highest BCUT2D eigenvalue weighted by molar-refractivity contribution is 6.32. The van der Waals surface area contributed by atoms with Crippen LogP contribution in [0.3, 0.4) is 0 Å². The number of nitrogens with zero attached hydrogens (tertiary/aromatic N) is 6. The Bertz CT molecular complexity index is 1720. The molecule has 9 nitrogen and oxygen atoms in total. The summed E-state index contributed by atoms with van der Waals surface area (Å²) in [6.45, 7) is 23.7. The Morgan fingerprint density at radius 1 is 0.744 bits per heavy atom. The minimum absolute atomic E-state index is 0.0547. The first-order valence-corrected chi connectivity index (χ1v) is 16.1. The number of hydrogen-bond donors (Lipinski definition) is 1. The quantitative estimate of drug-likeness (QED) is 0.274. The van der Waals surface area contributed by atoms with Crippen LogP contribution in [-0.2, 0) is 13.1 Å². The average molecular weight is 591 g/mol. The Hall–Kier alpha value is -3.27. The van der Waals surface area contributed by atoms with Crippen LogP contribution in [0.15, 0.2) is 26.7 Å². The normalized spacial score (nSPS) is 14.5. The van der Waals surface area contributed by atoms with Gasteiger partial charge >= 0.3 is 0 Å². The standard InChI is InChI=1S/C34H50N6O3/c1-8-28-24-15-16-25-30-29(24)26(33(42)39(28)21-19-37(11-4)12-5)23-27(35-17-18-36(9-2)10-3)31(30)34(43)40(32(25)41)22-20-38(13-6)14-7/h8,15-16,23,41H,9-14,17-22H2,1-7H3. The number of aliphatic imine (C=N–C) groups is 1. The van der Waals surface area contributed by atoms with Gasteiger partial charge in [-0.25, -0.2) is 0 Å². The molecule has 0 radical (unpaired) electrons. The van der Waals surface area contributed by atoms with E-state index >= 15 is 0 Å². The molecule has 0 fully saturated rings. The van der Waals surface area contributed by atoms with Gasteiger partial charge in [-0.15, -0.1) is 0 Å². The third-order valence-electron chi connectivity index (χ3n) is 9.19. The largest absolute Gasteiger partial charge is 0.494 e. The van der Waals surface area contributed by atoms with Gasteiger partial charge in [-0.2, -0.15) is 0 Å². The van der Waals surface area contributed by atoms with E-state index in [1.807, 2.05) is 35.8 Å². The van der Waals surface area contributed by atoms with Gasteiger partial charge < -0.3 is 24.4 Å². The predicted molar refractivity (Wildman–Crippen MR) is 180 cm³/mol. The predicted octanol–water partition coefficient (Wildman–Crippen LogP) is 2.43. The van der Waals surface area contributed by atoms with Gasteiger partial charge in [0.2, 0.25) is 5.88 Å². The summed E-state index contributed by atoms with van der Waals surface area (Å²) < 4.78 is 3.35. The van der Waals surface area contributed by atoms with Crippen LogP contribution in [0.2, 0.25) is 0 Å². The molecule has 2 aromatic heterocycles. The van der Waals surface area contributed by atoms with E-state index in [4.69, 9.17) is 4.99 Å². The third-order valence-corrected chi connectivity index (χ3v) is 9.19. The summed E-state index contributed by atoms with van der Waals surface area (Å²) in [7, 11) is 0. The molecule has 0 spiro atoms. The average Bonchev–Trinajstić information content (AvgIpc) is 3.02. The fourth-order valence-electron chi connectivity index (χ4n) is 6.39. The van der Waals surface area contributed by atoms with Crippen LogP contribution >= 0.6 is 0 Å². The van der Waals surface area contributed by atoms with Crippen LogP contribution in [-0.4, -0.2) is 100 Å². The van der Waals surface area contributed by atoms with Crippen LogP contribution in [0, 0.1) is 0 Å². The molecule has 0 unspecified atom stereocenters. The van der Waals surface area contributed by atoms with Gasteiger partial charge in [0.25, 0.3) is 11.1 Å². The molecule has 9 heteroatoms. The molecule has 2 heterocycles. The highest BCUT2D eigenvalue weighted by atomic mass is 16.3. The molecule has 0 saturated carbocycles. The van der Waals surface area contributed by atoms with Gasteiger partial charge in [0, 0.05) is 59.6 Å². The summed E-state index contributed by atoms with van der Waals surface area (Å²) in [5.41, 5.74) is 0.653. The van der Waals surface area contributed by atoms with Crippen molar-refractivity contribution >= 4 is 39.4 Å². The number of rotatable bonds is 15. The van der Waals surface area contributed by atoms with Crippen LogP contribution in [0.1, 0.15) is 54.0 Å². The molecular formula is C34H50N6O3. The second-order valence-electron chi connectivity index (χ2n) is 11.1. The molecule has 1 N–H and O–H groups in total. The first-order valence-electron chi connectivity index (χ1n) is 16.1. The van der Waals surface area contributed by atoms with Crippen molar-refractivity contribution < 1.29 is 5.11 Å². The fourth-order valence-corrected chi connectivity index (χ4v) is 6.39. The van der Waals surface area contributed by atoms with Gasteiger partial charge in [-0.1, -0.05) is 53.7 Å². The number of benzene rings is 1. The smallest absolute Gasteiger partial charge is 0.263 e. The van der Waals surface area contributed by atoms with E-state index in [1.54, 1.807) is 0 Å². The summed E-state index contributed by atoms with van der Waals surface area (Å²) >= 11 is 0. The lowest BCUT2D eigenvalue weighted by atomic mass is 9.91. The van der Waals surface area contributed by atoms with Crippen molar-refractivity contribution in [3.8, 4) is 5.88 Å². The van der Waals surface area contributed by atoms with E-state index in [1.165, 1.54) is 4.57 Å². The highest BCUT2D eigenvalue weighted by Gasteiger charge is 2.26. The first kappa shape index (κ1) is 32.6. The third kappa shape index (κ3) is 6.21. The lowest BCUT2D eigenvalue weighted by molar-refractivity contribution is 0.281. The Morgan fingerprint density at radius 2 is 1.28 bits per heavy atom. The zero-order chi connectivity index (χ0) is 31.3. The number of pyridine rings is 2. The van der Waals surface area contributed by atoms with Crippen molar-refractivity contribution in [2.45, 2.75) is 61.6 Å². The SMILES string of the molecule is CC=c1c2ccc3c(O)n(CCN(CC)CC)c(=O)c4c3c2c(c(=O)n1CCN(CC)CC)=CC4=NCCN(CC)CC. The molecular weight excluding hydrogens is 540 g/mol. The van der Waals surface area contributed by atoms with Crippen molar-refractivity contribution in [1.29, 1.82) is 0 Å². The van der Waals surface area contributed by atoms with Gasteiger partial charge in [0.15, 0.2) is 0 Å². The van der Waals surface area contributed by atoms with E-state index in [0.717, 1.165) is 68.5 Å². The topological polar surface area (TPSA) is 86.3 Å². The summed E-state index contributed by atoms with van der Waals surface area (Å²) in [5, 5.41) is 15.8. The molecule has 43 heavy (non-hydrogen) atoms. The lowest BCUT2D eigenvalue weighted by Crippen LogP contribution is -2.47.